The van der Waals surface area contributed by atoms with Crippen LogP contribution in [0.4, 0.5) is 0 Å². The van der Waals surface area contributed by atoms with E-state index in [1.807, 2.05) is 0 Å². The molecule has 0 heterocycles. The third-order valence-electron chi connectivity index (χ3n) is 2.43. The molecule has 0 N–H and O–H groups in total. The Hall–Kier alpha value is -0.823. The summed E-state index contributed by atoms with van der Waals surface area (Å²) in [6.45, 7) is 4.52. The van der Waals surface area contributed by atoms with E-state index < -0.39 is 0 Å². The molecular weight excluding hydrogens is 160 g/mol. The molecule has 1 atom stereocenters. The van der Waals surface area contributed by atoms with Crippen LogP contribution in [-0.2, 0) is 0 Å². The summed E-state index contributed by atoms with van der Waals surface area (Å²) in [5, 5.41) is 0. The fraction of sp³-hybridized carbons (Fsp3) is 0.273. The summed E-state index contributed by atoms with van der Waals surface area (Å²) < 4.78 is 0. The summed E-state index contributed by atoms with van der Waals surface area (Å²) in [6.07, 6.45) is 2.32. The summed E-state index contributed by atoms with van der Waals surface area (Å²) in [5.74, 6) is 0. The maximum Gasteiger partial charge on any atom is 0.0496 e. The molecule has 2 radical (unpaired) electrons. The van der Waals surface area contributed by atoms with Gasteiger partial charge in [-0.05, 0) is 23.6 Å². The van der Waals surface area contributed by atoms with Gasteiger partial charge in [-0.15, -0.1) is 0 Å². The van der Waals surface area contributed by atoms with Crippen LogP contribution in [0.25, 0.3) is 6.08 Å². The first-order valence-electron chi connectivity index (χ1n) is 4.27. The number of fused-ring (bicyclic) bond motifs is 1. The monoisotopic (exact) mass is 172 g/mol. The molecule has 2 rings (SSSR count). The van der Waals surface area contributed by atoms with Crippen molar-refractivity contribution in [2.75, 3.05) is 0 Å². The first-order chi connectivity index (χ1) is 5.83. The molecule has 0 nitrogen and oxygen atoms in total. The second-order valence-corrected chi connectivity index (χ2v) is 4.39. The van der Waals surface area contributed by atoms with Gasteiger partial charge in [0.25, 0.3) is 0 Å². The SMILES string of the molecule is C[Si]C1C(C)=Cc2ccccc21. The normalized spacial score (nSPS) is 20.5. The quantitative estimate of drug-likeness (QED) is 0.571. The second kappa shape index (κ2) is 2.90. The molecule has 0 saturated carbocycles. The maximum absolute atomic E-state index is 2.32. The van der Waals surface area contributed by atoms with Gasteiger partial charge in [-0.1, -0.05) is 42.5 Å². The van der Waals surface area contributed by atoms with Crippen LogP contribution in [0.1, 0.15) is 23.6 Å². The van der Waals surface area contributed by atoms with Gasteiger partial charge in [0.2, 0.25) is 0 Å². The van der Waals surface area contributed by atoms with Crippen LogP contribution in [-0.4, -0.2) is 9.52 Å². The van der Waals surface area contributed by atoms with Crippen molar-refractivity contribution in [2.24, 2.45) is 0 Å². The Morgan fingerprint density at radius 2 is 2.00 bits per heavy atom. The highest BCUT2D eigenvalue weighted by Gasteiger charge is 2.19. The molecule has 1 aliphatic carbocycles. The van der Waals surface area contributed by atoms with Gasteiger partial charge in [-0.3, -0.25) is 0 Å². The molecule has 12 heavy (non-hydrogen) atoms. The molecule has 0 amide bonds. The minimum Gasteiger partial charge on any atom is -0.0724 e. The molecule has 0 saturated heterocycles. The largest absolute Gasteiger partial charge is 0.0724 e. The zero-order valence-corrected chi connectivity index (χ0v) is 8.46. The minimum absolute atomic E-state index is 0.709. The van der Waals surface area contributed by atoms with E-state index in [4.69, 9.17) is 0 Å². The van der Waals surface area contributed by atoms with E-state index >= 15 is 0 Å². The number of rotatable bonds is 1. The first-order valence-corrected chi connectivity index (χ1v) is 5.85. The van der Waals surface area contributed by atoms with Gasteiger partial charge in [0.15, 0.2) is 0 Å². The lowest BCUT2D eigenvalue weighted by Crippen LogP contribution is -2.02. The van der Waals surface area contributed by atoms with E-state index in [1.165, 1.54) is 16.7 Å². The van der Waals surface area contributed by atoms with Crippen LogP contribution in [0.3, 0.4) is 0 Å². The molecule has 1 unspecified atom stereocenters. The standard InChI is InChI=1S/C11H12Si/c1-8-7-9-5-3-4-6-10(9)11(8)12-2/h3-7,11H,1-2H3. The molecule has 0 aliphatic heterocycles. The Labute approximate surface area is 76.1 Å². The lowest BCUT2D eigenvalue weighted by molar-refractivity contribution is 1.12. The number of hydrogen-bond acceptors (Lipinski definition) is 0. The minimum atomic E-state index is 0.709. The van der Waals surface area contributed by atoms with E-state index in [1.54, 1.807) is 0 Å². The third kappa shape index (κ3) is 1.05. The van der Waals surface area contributed by atoms with Crippen molar-refractivity contribution in [3.63, 3.8) is 0 Å². The summed E-state index contributed by atoms with van der Waals surface area (Å²) in [5.41, 5.74) is 5.18. The summed E-state index contributed by atoms with van der Waals surface area (Å²) in [7, 11) is 0.990. The van der Waals surface area contributed by atoms with E-state index in [0.29, 0.717) is 5.54 Å². The van der Waals surface area contributed by atoms with Crippen molar-refractivity contribution in [2.45, 2.75) is 19.0 Å². The Morgan fingerprint density at radius 1 is 1.25 bits per heavy atom. The molecule has 60 valence electrons. The fourth-order valence-electron chi connectivity index (χ4n) is 1.86. The number of hydrogen-bond donors (Lipinski definition) is 0. The lowest BCUT2D eigenvalue weighted by Gasteiger charge is -2.09. The van der Waals surface area contributed by atoms with Gasteiger partial charge in [0.1, 0.15) is 0 Å². The van der Waals surface area contributed by atoms with Gasteiger partial charge in [0, 0.05) is 9.52 Å². The highest BCUT2D eigenvalue weighted by atomic mass is 28.2. The Kier molecular flexibility index (Phi) is 1.89. The van der Waals surface area contributed by atoms with E-state index in [9.17, 15) is 0 Å². The van der Waals surface area contributed by atoms with Crippen LogP contribution < -0.4 is 0 Å². The molecule has 0 aromatic heterocycles. The van der Waals surface area contributed by atoms with Gasteiger partial charge in [-0.25, -0.2) is 0 Å². The van der Waals surface area contributed by atoms with Crippen LogP contribution in [0, 0.1) is 0 Å². The molecule has 1 aliphatic rings. The molecule has 1 aromatic rings. The molecule has 0 fully saturated rings. The Balaban J connectivity index is 2.50. The predicted octanol–water partition coefficient (Wildman–Crippen LogP) is 2.90. The summed E-state index contributed by atoms with van der Waals surface area (Å²) in [6, 6.07) is 8.71. The average molecular weight is 172 g/mol. The lowest BCUT2D eigenvalue weighted by atomic mass is 10.1. The Bertz CT molecular complexity index is 326. The first kappa shape index (κ1) is 7.81. The smallest absolute Gasteiger partial charge is 0.0496 e. The number of benzene rings is 1. The van der Waals surface area contributed by atoms with Gasteiger partial charge in [0.05, 0.1) is 0 Å². The highest BCUT2D eigenvalue weighted by Crippen LogP contribution is 2.34. The summed E-state index contributed by atoms with van der Waals surface area (Å²) in [4.78, 5) is 0. The third-order valence-corrected chi connectivity index (χ3v) is 3.78. The van der Waals surface area contributed by atoms with Crippen molar-refractivity contribution in [1.82, 2.24) is 0 Å². The van der Waals surface area contributed by atoms with Gasteiger partial charge >= 0.3 is 0 Å². The van der Waals surface area contributed by atoms with Gasteiger partial charge < -0.3 is 0 Å². The van der Waals surface area contributed by atoms with Crippen LogP contribution in [0.5, 0.6) is 0 Å². The molecule has 1 heteroatoms. The van der Waals surface area contributed by atoms with Crippen molar-refractivity contribution >= 4 is 15.6 Å². The predicted molar refractivity (Wildman–Crippen MR) is 54.5 cm³/mol. The maximum atomic E-state index is 2.32. The van der Waals surface area contributed by atoms with E-state index in [2.05, 4.69) is 43.8 Å². The molecule has 0 bridgehead atoms. The van der Waals surface area contributed by atoms with Crippen LogP contribution in [0.15, 0.2) is 29.8 Å². The number of allylic oxidation sites excluding steroid dienone is 1. The average Bonchev–Trinajstić information content (AvgIpc) is 2.40. The zero-order chi connectivity index (χ0) is 8.55. The highest BCUT2D eigenvalue weighted by molar-refractivity contribution is 6.38. The van der Waals surface area contributed by atoms with Gasteiger partial charge in [-0.2, -0.15) is 0 Å². The molecule has 1 aromatic carbocycles. The topological polar surface area (TPSA) is 0 Å². The van der Waals surface area contributed by atoms with Crippen molar-refractivity contribution < 1.29 is 0 Å². The van der Waals surface area contributed by atoms with E-state index in [0.717, 1.165) is 9.52 Å². The van der Waals surface area contributed by atoms with Crippen molar-refractivity contribution in [3.8, 4) is 0 Å². The Morgan fingerprint density at radius 3 is 2.75 bits per heavy atom. The fourth-order valence-corrected chi connectivity index (χ4v) is 2.97. The molecule has 0 spiro atoms. The van der Waals surface area contributed by atoms with Crippen LogP contribution in [0.2, 0.25) is 6.55 Å². The van der Waals surface area contributed by atoms with E-state index in [-0.39, 0.29) is 0 Å². The van der Waals surface area contributed by atoms with Crippen molar-refractivity contribution in [1.29, 1.82) is 0 Å². The molecular formula is C11H12Si. The second-order valence-electron chi connectivity index (χ2n) is 3.24. The summed E-state index contributed by atoms with van der Waals surface area (Å²) >= 11 is 0. The zero-order valence-electron chi connectivity index (χ0n) is 7.46. The van der Waals surface area contributed by atoms with Crippen LogP contribution >= 0.6 is 0 Å². The van der Waals surface area contributed by atoms with Crippen molar-refractivity contribution in [3.05, 3.63) is 41.0 Å².